The molecule has 47 heavy (non-hydrogen) atoms. The number of likely N-dealkylation sites (N-methyl/N-ethyl adjacent to an activating group) is 1. The molecule has 0 aromatic heterocycles. The number of carbonyl (C=O) groups is 1. The molecule has 1 aliphatic carbocycles. The minimum absolute atomic E-state index is 0.0620. The number of hydrogen-bond donors (Lipinski definition) is 0. The first-order valence-electron chi connectivity index (χ1n) is 16.9. The highest BCUT2D eigenvalue weighted by molar-refractivity contribution is 5.78. The topological polar surface area (TPSA) is 42.0 Å². The lowest BCUT2D eigenvalue weighted by Crippen LogP contribution is -2.36. The normalized spacial score (nSPS) is 20.8. The fourth-order valence-electron chi connectivity index (χ4n) is 7.40. The molecule has 4 rings (SSSR count). The van der Waals surface area contributed by atoms with Crippen LogP contribution in [-0.2, 0) is 14.3 Å². The van der Waals surface area contributed by atoms with Crippen molar-refractivity contribution in [2.45, 2.75) is 108 Å². The molecule has 0 bridgehead atoms. The molecule has 1 aliphatic heterocycles. The van der Waals surface area contributed by atoms with Crippen LogP contribution in [0.15, 0.2) is 36.4 Å². The lowest BCUT2D eigenvalue weighted by molar-refractivity contribution is -0.345. The molecular formula is C36H48F6N2O3. The van der Waals surface area contributed by atoms with Crippen molar-refractivity contribution < 1.29 is 40.6 Å². The van der Waals surface area contributed by atoms with Crippen molar-refractivity contribution in [1.82, 2.24) is 9.80 Å². The molecule has 1 saturated carbocycles. The lowest BCUT2D eigenvalue weighted by Gasteiger charge is -2.35. The number of hydrogen-bond acceptors (Lipinski definition) is 5. The first-order valence-corrected chi connectivity index (χ1v) is 16.9. The van der Waals surface area contributed by atoms with Crippen molar-refractivity contribution >= 4 is 5.97 Å². The molecule has 2 aromatic rings. The standard InChI is InChI=1S/C36H48F6N2O3/c1-4-46-35(45)33(29-10-8-9-24(2)32(29)26-11-14-28(15-12-26)47-36(40,41)42)43(3)21-17-25(18-22-44-19-6-5-7-20-44)30-23-27(34(38)39)13-16-31(30)37/h8-10,13,16,23,25-26,28,33-34H,4-7,11-12,14-15,17-22H2,1-3H3/t25-,26?,28?,33?/m1/s1. The summed E-state index contributed by atoms with van der Waals surface area (Å²) in [7, 11) is 1.80. The zero-order chi connectivity index (χ0) is 34.1. The third-order valence-corrected chi connectivity index (χ3v) is 9.77. The zero-order valence-corrected chi connectivity index (χ0v) is 27.6. The van der Waals surface area contributed by atoms with Gasteiger partial charge in [-0.05, 0) is 145 Å². The van der Waals surface area contributed by atoms with Gasteiger partial charge in [0.2, 0.25) is 0 Å². The van der Waals surface area contributed by atoms with E-state index in [1.807, 2.05) is 30.0 Å². The molecule has 2 aliphatic rings. The molecule has 0 amide bonds. The summed E-state index contributed by atoms with van der Waals surface area (Å²) in [5.41, 5.74) is 2.65. The van der Waals surface area contributed by atoms with Crippen LogP contribution in [0.2, 0.25) is 0 Å². The molecule has 0 N–H and O–H groups in total. The van der Waals surface area contributed by atoms with Gasteiger partial charge in [-0.25, -0.2) is 18.0 Å². The Morgan fingerprint density at radius 2 is 1.70 bits per heavy atom. The number of nitrogens with zero attached hydrogens (tertiary/aromatic N) is 2. The number of alkyl halides is 5. The Hall–Kier alpha value is -2.63. The molecule has 11 heteroatoms. The highest BCUT2D eigenvalue weighted by Gasteiger charge is 2.37. The molecule has 2 atom stereocenters. The quantitative estimate of drug-likeness (QED) is 0.148. The molecule has 0 radical (unpaired) electrons. The van der Waals surface area contributed by atoms with Gasteiger partial charge >= 0.3 is 12.3 Å². The maximum Gasteiger partial charge on any atom is 0.522 e. The summed E-state index contributed by atoms with van der Waals surface area (Å²) >= 11 is 0. The molecule has 1 unspecified atom stereocenters. The number of aryl methyl sites for hydroxylation is 1. The first-order chi connectivity index (χ1) is 22.4. The number of esters is 1. The average molecular weight is 671 g/mol. The second-order valence-corrected chi connectivity index (χ2v) is 13.0. The van der Waals surface area contributed by atoms with Gasteiger partial charge in [0.1, 0.15) is 11.9 Å². The maximum atomic E-state index is 15.2. The maximum absolute atomic E-state index is 15.2. The van der Waals surface area contributed by atoms with Crippen LogP contribution in [0.1, 0.15) is 117 Å². The number of carbonyl (C=O) groups excluding carboxylic acids is 1. The molecule has 1 saturated heterocycles. The summed E-state index contributed by atoms with van der Waals surface area (Å²) in [5.74, 6) is -1.39. The van der Waals surface area contributed by atoms with Gasteiger partial charge in [0.05, 0.1) is 12.7 Å². The largest absolute Gasteiger partial charge is 0.522 e. The third-order valence-electron chi connectivity index (χ3n) is 9.77. The number of piperidine rings is 1. The van der Waals surface area contributed by atoms with Gasteiger partial charge in [-0.1, -0.05) is 30.7 Å². The van der Waals surface area contributed by atoms with Gasteiger partial charge in [0.15, 0.2) is 0 Å². The van der Waals surface area contributed by atoms with E-state index >= 15 is 4.39 Å². The Labute approximate surface area is 274 Å². The van der Waals surface area contributed by atoms with Gasteiger partial charge in [-0.15, -0.1) is 13.2 Å². The fourth-order valence-corrected chi connectivity index (χ4v) is 7.40. The Balaban J connectivity index is 1.58. The van der Waals surface area contributed by atoms with E-state index in [0.29, 0.717) is 32.2 Å². The second-order valence-electron chi connectivity index (χ2n) is 13.0. The van der Waals surface area contributed by atoms with E-state index in [0.717, 1.165) is 61.3 Å². The SMILES string of the molecule is CCOC(=O)C(c1cccc(C)c1C1CCC(OC(F)(F)F)CC1)N(C)CC[C@H](CCN1CCCCC1)c1cc(C(F)F)ccc1F. The van der Waals surface area contributed by atoms with Gasteiger partial charge in [-0.2, -0.15) is 0 Å². The molecule has 2 fully saturated rings. The van der Waals surface area contributed by atoms with Gasteiger partial charge < -0.3 is 9.64 Å². The predicted molar refractivity (Wildman–Crippen MR) is 169 cm³/mol. The van der Waals surface area contributed by atoms with E-state index in [4.69, 9.17) is 4.74 Å². The van der Waals surface area contributed by atoms with Crippen LogP contribution in [0.3, 0.4) is 0 Å². The Bertz CT molecular complexity index is 1290. The number of benzene rings is 2. The van der Waals surface area contributed by atoms with E-state index in [-0.39, 0.29) is 42.4 Å². The Kier molecular flexibility index (Phi) is 13.6. The molecular weight excluding hydrogens is 622 g/mol. The summed E-state index contributed by atoms with van der Waals surface area (Å²) in [6.07, 6.45) is -2.46. The van der Waals surface area contributed by atoms with Crippen LogP contribution in [0.4, 0.5) is 26.3 Å². The van der Waals surface area contributed by atoms with Gasteiger partial charge in [-0.3, -0.25) is 9.64 Å². The highest BCUT2D eigenvalue weighted by Crippen LogP contribution is 2.42. The molecule has 2 aromatic carbocycles. The first kappa shape index (κ1) is 37.2. The van der Waals surface area contributed by atoms with E-state index in [2.05, 4.69) is 9.64 Å². The average Bonchev–Trinajstić information content (AvgIpc) is 3.02. The summed E-state index contributed by atoms with van der Waals surface area (Å²) in [5, 5.41) is 0. The Morgan fingerprint density at radius 1 is 1.00 bits per heavy atom. The van der Waals surface area contributed by atoms with Crippen LogP contribution in [0.25, 0.3) is 0 Å². The van der Waals surface area contributed by atoms with Crippen molar-refractivity contribution in [2.75, 3.05) is 39.8 Å². The minimum atomic E-state index is -4.68. The molecule has 262 valence electrons. The van der Waals surface area contributed by atoms with E-state index in [1.54, 1.807) is 14.0 Å². The summed E-state index contributed by atoms with van der Waals surface area (Å²) in [4.78, 5) is 17.8. The number of rotatable bonds is 14. The monoisotopic (exact) mass is 670 g/mol. The predicted octanol–water partition coefficient (Wildman–Crippen LogP) is 9.22. The summed E-state index contributed by atoms with van der Waals surface area (Å²) < 4.78 is 91.0. The smallest absolute Gasteiger partial charge is 0.465 e. The van der Waals surface area contributed by atoms with Crippen LogP contribution in [0.5, 0.6) is 0 Å². The van der Waals surface area contributed by atoms with Crippen LogP contribution in [-0.4, -0.2) is 68.1 Å². The molecule has 1 heterocycles. The number of likely N-dealkylation sites (tertiary alicyclic amines) is 1. The van der Waals surface area contributed by atoms with E-state index in [9.17, 15) is 26.7 Å². The van der Waals surface area contributed by atoms with Crippen LogP contribution in [0, 0.1) is 12.7 Å². The zero-order valence-electron chi connectivity index (χ0n) is 27.6. The minimum Gasteiger partial charge on any atom is -0.465 e. The van der Waals surface area contributed by atoms with Gasteiger partial charge in [0, 0.05) is 5.56 Å². The van der Waals surface area contributed by atoms with Crippen LogP contribution < -0.4 is 0 Å². The fraction of sp³-hybridized carbons (Fsp3) is 0.639. The summed E-state index contributed by atoms with van der Waals surface area (Å²) in [6.45, 7) is 6.81. The van der Waals surface area contributed by atoms with Crippen molar-refractivity contribution in [3.8, 4) is 0 Å². The van der Waals surface area contributed by atoms with E-state index in [1.165, 1.54) is 12.5 Å². The third kappa shape index (κ3) is 10.4. The van der Waals surface area contributed by atoms with Crippen molar-refractivity contribution in [2.24, 2.45) is 0 Å². The van der Waals surface area contributed by atoms with Crippen LogP contribution >= 0.6 is 0 Å². The van der Waals surface area contributed by atoms with Crippen molar-refractivity contribution in [3.63, 3.8) is 0 Å². The molecule has 5 nitrogen and oxygen atoms in total. The summed E-state index contributed by atoms with van der Waals surface area (Å²) in [6, 6.07) is 8.38. The second kappa shape index (κ2) is 17.2. The number of ether oxygens (including phenoxy) is 2. The van der Waals surface area contributed by atoms with Gasteiger partial charge in [0.25, 0.3) is 6.43 Å². The molecule has 0 spiro atoms. The number of halogens is 6. The van der Waals surface area contributed by atoms with Crippen molar-refractivity contribution in [1.29, 1.82) is 0 Å². The highest BCUT2D eigenvalue weighted by atomic mass is 19.4. The van der Waals surface area contributed by atoms with E-state index < -0.39 is 36.7 Å². The Morgan fingerprint density at radius 3 is 2.34 bits per heavy atom. The van der Waals surface area contributed by atoms with Crippen molar-refractivity contribution in [3.05, 3.63) is 70.0 Å². The lowest BCUT2D eigenvalue weighted by atomic mass is 9.77.